The van der Waals surface area contributed by atoms with Gasteiger partial charge in [-0.2, -0.15) is 18.2 Å². The summed E-state index contributed by atoms with van der Waals surface area (Å²) in [5, 5.41) is -0.216. The van der Waals surface area contributed by atoms with E-state index in [0.29, 0.717) is 0 Å². The largest absolute Gasteiger partial charge is 0.432 e. The van der Waals surface area contributed by atoms with Crippen LogP contribution in [0.25, 0.3) is 10.9 Å². The quantitative estimate of drug-likeness (QED) is 0.673. The molecule has 0 bridgehead atoms. The van der Waals surface area contributed by atoms with Crippen LogP contribution in [0.4, 0.5) is 18.9 Å². The fourth-order valence-corrected chi connectivity index (χ4v) is 1.39. The first-order valence-electron chi connectivity index (χ1n) is 4.24. The van der Waals surface area contributed by atoms with Gasteiger partial charge in [0.05, 0.1) is 5.52 Å². The molecule has 0 saturated heterocycles. The van der Waals surface area contributed by atoms with Crippen LogP contribution >= 0.6 is 0 Å². The number of rotatable bonds is 0. The predicted molar refractivity (Wildman–Crippen MR) is 51.8 cm³/mol. The highest BCUT2D eigenvalue weighted by Crippen LogP contribution is 2.32. The van der Waals surface area contributed by atoms with Crippen LogP contribution in [0.1, 0.15) is 5.69 Å². The van der Waals surface area contributed by atoms with Gasteiger partial charge in [-0.1, -0.05) is 0 Å². The second kappa shape index (κ2) is 3.22. The highest BCUT2D eigenvalue weighted by molar-refractivity contribution is 5.84. The number of nitrogens with one attached hydrogen (secondary N) is 1. The van der Waals surface area contributed by atoms with E-state index < -0.39 is 17.6 Å². The number of hydrogen-bond donors (Lipinski definition) is 2. The molecule has 0 aliphatic rings. The molecule has 0 fully saturated rings. The molecule has 0 aliphatic carbocycles. The van der Waals surface area contributed by atoms with Gasteiger partial charge in [0.1, 0.15) is 5.69 Å². The molecule has 0 spiro atoms. The molecular formula is C9H6F3N3O. The van der Waals surface area contributed by atoms with E-state index in [0.717, 1.165) is 6.07 Å². The molecule has 2 rings (SSSR count). The molecule has 0 atom stereocenters. The van der Waals surface area contributed by atoms with E-state index in [4.69, 9.17) is 5.73 Å². The van der Waals surface area contributed by atoms with Crippen LogP contribution in [0.2, 0.25) is 0 Å². The summed E-state index contributed by atoms with van der Waals surface area (Å²) in [7, 11) is 0. The van der Waals surface area contributed by atoms with Gasteiger partial charge in [-0.3, -0.25) is 0 Å². The van der Waals surface area contributed by atoms with Crippen molar-refractivity contribution in [3.8, 4) is 0 Å². The lowest BCUT2D eigenvalue weighted by molar-refractivity contribution is -0.140. The number of halogens is 3. The van der Waals surface area contributed by atoms with E-state index in [1.807, 2.05) is 0 Å². The number of nitrogens with zero attached hydrogens (tertiary/aromatic N) is 1. The first-order valence-corrected chi connectivity index (χ1v) is 4.24. The summed E-state index contributed by atoms with van der Waals surface area (Å²) in [4.78, 5) is 16.0. The van der Waals surface area contributed by atoms with Crippen molar-refractivity contribution in [1.82, 2.24) is 9.97 Å². The molecule has 2 aromatic rings. The predicted octanol–water partition coefficient (Wildman–Crippen LogP) is 1.52. The normalized spacial score (nSPS) is 11.9. The van der Waals surface area contributed by atoms with Crippen molar-refractivity contribution >= 4 is 16.6 Å². The summed E-state index contributed by atoms with van der Waals surface area (Å²) < 4.78 is 37.8. The number of aromatic amines is 1. The van der Waals surface area contributed by atoms with Crippen LogP contribution in [0.5, 0.6) is 0 Å². The van der Waals surface area contributed by atoms with Crippen molar-refractivity contribution in [2.45, 2.75) is 6.18 Å². The van der Waals surface area contributed by atoms with Gasteiger partial charge in [0.25, 0.3) is 0 Å². The first-order chi connectivity index (χ1) is 7.38. The van der Waals surface area contributed by atoms with Crippen LogP contribution in [0.3, 0.4) is 0 Å². The second-order valence-electron chi connectivity index (χ2n) is 3.19. The van der Waals surface area contributed by atoms with Gasteiger partial charge < -0.3 is 10.7 Å². The maximum absolute atomic E-state index is 12.6. The Labute approximate surface area is 86.9 Å². The number of nitrogen functional groups attached to an aromatic ring is 1. The number of alkyl halides is 3. The number of anilines is 1. The molecule has 0 radical (unpaired) electrons. The van der Waals surface area contributed by atoms with Gasteiger partial charge in [-0.25, -0.2) is 4.79 Å². The zero-order valence-corrected chi connectivity index (χ0v) is 7.80. The Hall–Kier alpha value is -2.05. The fraction of sp³-hybridized carbons (Fsp3) is 0.111. The van der Waals surface area contributed by atoms with Crippen molar-refractivity contribution in [2.75, 3.05) is 5.73 Å². The Morgan fingerprint density at radius 1 is 1.31 bits per heavy atom. The van der Waals surface area contributed by atoms with Crippen molar-refractivity contribution in [3.05, 3.63) is 34.4 Å². The third-order valence-electron chi connectivity index (χ3n) is 2.03. The monoisotopic (exact) mass is 229 g/mol. The molecule has 84 valence electrons. The lowest BCUT2D eigenvalue weighted by Gasteiger charge is -2.09. The zero-order valence-electron chi connectivity index (χ0n) is 7.80. The average Bonchev–Trinajstić information content (AvgIpc) is 2.16. The van der Waals surface area contributed by atoms with Gasteiger partial charge in [0, 0.05) is 11.1 Å². The van der Waals surface area contributed by atoms with E-state index >= 15 is 0 Å². The summed E-state index contributed by atoms with van der Waals surface area (Å²) in [6, 6.07) is 3.78. The van der Waals surface area contributed by atoms with E-state index in [2.05, 4.69) is 4.98 Å². The smallest absolute Gasteiger partial charge is 0.399 e. The van der Waals surface area contributed by atoms with Gasteiger partial charge in [0.15, 0.2) is 0 Å². The molecule has 0 unspecified atom stereocenters. The number of H-pyrrole nitrogens is 1. The zero-order chi connectivity index (χ0) is 11.9. The summed E-state index contributed by atoms with van der Waals surface area (Å²) in [5.74, 6) is 0. The third-order valence-corrected chi connectivity index (χ3v) is 2.03. The second-order valence-corrected chi connectivity index (χ2v) is 3.19. The van der Waals surface area contributed by atoms with Gasteiger partial charge >= 0.3 is 11.9 Å². The van der Waals surface area contributed by atoms with Crippen LogP contribution in [0.15, 0.2) is 23.0 Å². The summed E-state index contributed by atoms with van der Waals surface area (Å²) >= 11 is 0. The summed E-state index contributed by atoms with van der Waals surface area (Å²) in [6.07, 6.45) is -4.64. The Balaban J connectivity index is 2.91. The lowest BCUT2D eigenvalue weighted by atomic mass is 10.1. The molecule has 0 amide bonds. The number of aromatic nitrogens is 2. The Bertz CT molecular complexity index is 603. The van der Waals surface area contributed by atoms with Crippen LogP contribution in [-0.4, -0.2) is 9.97 Å². The maximum atomic E-state index is 12.6. The molecule has 3 N–H and O–H groups in total. The Morgan fingerprint density at radius 2 is 2.00 bits per heavy atom. The van der Waals surface area contributed by atoms with E-state index in [9.17, 15) is 18.0 Å². The molecular weight excluding hydrogens is 223 g/mol. The Morgan fingerprint density at radius 3 is 2.62 bits per heavy atom. The molecule has 4 nitrogen and oxygen atoms in total. The summed E-state index contributed by atoms with van der Waals surface area (Å²) in [5.41, 5.74) is 3.36. The van der Waals surface area contributed by atoms with Crippen LogP contribution in [-0.2, 0) is 6.18 Å². The Kier molecular flexibility index (Phi) is 2.11. The molecule has 1 heterocycles. The average molecular weight is 229 g/mol. The highest BCUT2D eigenvalue weighted by atomic mass is 19.4. The number of fused-ring (bicyclic) bond motifs is 1. The van der Waals surface area contributed by atoms with Gasteiger partial charge in [-0.05, 0) is 18.2 Å². The van der Waals surface area contributed by atoms with E-state index in [1.54, 1.807) is 4.98 Å². The molecule has 7 heteroatoms. The van der Waals surface area contributed by atoms with Gasteiger partial charge in [0.2, 0.25) is 0 Å². The van der Waals surface area contributed by atoms with Crippen molar-refractivity contribution < 1.29 is 13.2 Å². The lowest BCUT2D eigenvalue weighted by Crippen LogP contribution is -2.19. The molecule has 1 aromatic heterocycles. The first kappa shape index (κ1) is 10.5. The van der Waals surface area contributed by atoms with Crippen LogP contribution < -0.4 is 11.4 Å². The SMILES string of the molecule is Nc1ccc2nc(=O)[nH]c(C(F)(F)F)c2c1. The minimum absolute atomic E-state index is 0.0368. The highest BCUT2D eigenvalue weighted by Gasteiger charge is 2.34. The van der Waals surface area contributed by atoms with Crippen molar-refractivity contribution in [2.24, 2.45) is 0 Å². The number of hydrogen-bond acceptors (Lipinski definition) is 3. The summed E-state index contributed by atoms with van der Waals surface area (Å²) in [6.45, 7) is 0. The number of nitrogens with two attached hydrogens (primary N) is 1. The maximum Gasteiger partial charge on any atom is 0.432 e. The molecule has 0 aliphatic heterocycles. The van der Waals surface area contributed by atoms with E-state index in [1.165, 1.54) is 12.1 Å². The molecule has 16 heavy (non-hydrogen) atoms. The topological polar surface area (TPSA) is 71.8 Å². The number of benzene rings is 1. The fourth-order valence-electron chi connectivity index (χ4n) is 1.39. The minimum atomic E-state index is -4.64. The molecule has 1 aromatic carbocycles. The molecule has 0 saturated carbocycles. The van der Waals surface area contributed by atoms with Crippen molar-refractivity contribution in [3.63, 3.8) is 0 Å². The standard InChI is InChI=1S/C9H6F3N3O/c10-9(11,12)7-5-3-4(13)1-2-6(5)14-8(16)15-7/h1-3H,13H2,(H,14,15,16). The van der Waals surface area contributed by atoms with Gasteiger partial charge in [-0.15, -0.1) is 0 Å². The van der Waals surface area contributed by atoms with Crippen LogP contribution in [0, 0.1) is 0 Å². The third kappa shape index (κ3) is 1.71. The minimum Gasteiger partial charge on any atom is -0.399 e. The van der Waals surface area contributed by atoms with Crippen molar-refractivity contribution in [1.29, 1.82) is 0 Å². The van der Waals surface area contributed by atoms with E-state index in [-0.39, 0.29) is 16.6 Å².